The maximum absolute atomic E-state index is 4.31. The second-order valence-electron chi connectivity index (χ2n) is 3.87. The van der Waals surface area contributed by atoms with Crippen molar-refractivity contribution in [3.8, 4) is 0 Å². The van der Waals surface area contributed by atoms with Gasteiger partial charge in [0.1, 0.15) is 6.33 Å². The number of thioether (sulfide) groups is 1. The number of aromatic nitrogens is 4. The van der Waals surface area contributed by atoms with E-state index in [1.54, 1.807) is 12.5 Å². The highest BCUT2D eigenvalue weighted by atomic mass is 32.2. The third kappa shape index (κ3) is 3.09. The van der Waals surface area contributed by atoms with Crippen molar-refractivity contribution in [1.82, 2.24) is 19.6 Å². The van der Waals surface area contributed by atoms with Gasteiger partial charge in [0.15, 0.2) is 5.82 Å². The van der Waals surface area contributed by atoms with E-state index in [0.29, 0.717) is 6.04 Å². The molecule has 0 aliphatic heterocycles. The molecule has 2 aromatic rings. The summed E-state index contributed by atoms with van der Waals surface area (Å²) in [7, 11) is 0. The van der Waals surface area contributed by atoms with Crippen molar-refractivity contribution in [2.24, 2.45) is 0 Å². The summed E-state index contributed by atoms with van der Waals surface area (Å²) in [5.41, 5.74) is 0.780. The molecule has 0 aliphatic carbocycles. The van der Waals surface area contributed by atoms with Crippen LogP contribution in [0.25, 0.3) is 5.65 Å². The van der Waals surface area contributed by atoms with E-state index in [-0.39, 0.29) is 0 Å². The number of anilines is 1. The zero-order chi connectivity index (χ0) is 12.1. The van der Waals surface area contributed by atoms with E-state index in [9.17, 15) is 0 Å². The SMILES string of the molecule is CCSCCC(C)Nc1nccn2cnnc12. The minimum Gasteiger partial charge on any atom is -0.364 e. The maximum atomic E-state index is 4.31. The lowest BCUT2D eigenvalue weighted by molar-refractivity contribution is 0.766. The van der Waals surface area contributed by atoms with Gasteiger partial charge in [0, 0.05) is 18.4 Å². The van der Waals surface area contributed by atoms with Gasteiger partial charge in [-0.05, 0) is 24.9 Å². The lowest BCUT2D eigenvalue weighted by Crippen LogP contribution is -2.17. The first-order valence-electron chi connectivity index (χ1n) is 5.80. The van der Waals surface area contributed by atoms with Crippen molar-refractivity contribution in [2.45, 2.75) is 26.3 Å². The highest BCUT2D eigenvalue weighted by Gasteiger charge is 2.08. The molecule has 5 nitrogen and oxygen atoms in total. The molecule has 0 radical (unpaired) electrons. The second-order valence-corrected chi connectivity index (χ2v) is 5.26. The van der Waals surface area contributed by atoms with Crippen LogP contribution < -0.4 is 5.32 Å². The van der Waals surface area contributed by atoms with E-state index in [0.717, 1.165) is 17.9 Å². The second kappa shape index (κ2) is 5.86. The Morgan fingerprint density at radius 3 is 3.24 bits per heavy atom. The Kier molecular flexibility index (Phi) is 4.19. The van der Waals surface area contributed by atoms with Gasteiger partial charge in [-0.2, -0.15) is 11.8 Å². The predicted molar refractivity (Wildman–Crippen MR) is 71.5 cm³/mol. The number of nitrogens with zero attached hydrogens (tertiary/aromatic N) is 4. The number of hydrogen-bond acceptors (Lipinski definition) is 5. The molecule has 0 saturated carbocycles. The molecule has 0 aliphatic rings. The molecule has 0 amide bonds. The molecule has 17 heavy (non-hydrogen) atoms. The topological polar surface area (TPSA) is 55.1 Å². The lowest BCUT2D eigenvalue weighted by atomic mass is 10.2. The predicted octanol–water partition coefficient (Wildman–Crippen LogP) is 2.07. The van der Waals surface area contributed by atoms with E-state index in [2.05, 4.69) is 34.3 Å². The molecule has 92 valence electrons. The molecule has 2 aromatic heterocycles. The van der Waals surface area contributed by atoms with Crippen LogP contribution in [0.3, 0.4) is 0 Å². The quantitative estimate of drug-likeness (QED) is 0.796. The van der Waals surface area contributed by atoms with Gasteiger partial charge in [-0.25, -0.2) is 4.98 Å². The summed E-state index contributed by atoms with van der Waals surface area (Å²) in [5.74, 6) is 3.14. The Bertz CT molecular complexity index is 470. The highest BCUT2D eigenvalue weighted by Crippen LogP contribution is 2.13. The summed E-state index contributed by atoms with van der Waals surface area (Å²) < 4.78 is 1.86. The third-order valence-corrected chi connectivity index (χ3v) is 3.43. The first kappa shape index (κ1) is 12.2. The van der Waals surface area contributed by atoms with Crippen LogP contribution in [0.5, 0.6) is 0 Å². The molecule has 0 spiro atoms. The molecule has 0 fully saturated rings. The molecule has 2 heterocycles. The van der Waals surface area contributed by atoms with E-state index < -0.39 is 0 Å². The van der Waals surface area contributed by atoms with Gasteiger partial charge in [-0.1, -0.05) is 6.92 Å². The third-order valence-electron chi connectivity index (χ3n) is 2.50. The van der Waals surface area contributed by atoms with Crippen LogP contribution in [-0.4, -0.2) is 37.1 Å². The van der Waals surface area contributed by atoms with Gasteiger partial charge >= 0.3 is 0 Å². The Balaban J connectivity index is 2.00. The normalized spacial score (nSPS) is 12.8. The average Bonchev–Trinajstić information content (AvgIpc) is 2.78. The Hall–Kier alpha value is -1.30. The van der Waals surface area contributed by atoms with Crippen molar-refractivity contribution in [3.63, 3.8) is 0 Å². The molecule has 0 bridgehead atoms. The largest absolute Gasteiger partial charge is 0.364 e. The molecule has 1 N–H and O–H groups in total. The summed E-state index contributed by atoms with van der Waals surface area (Å²) in [4.78, 5) is 4.31. The van der Waals surface area contributed by atoms with Crippen LogP contribution in [0.2, 0.25) is 0 Å². The summed E-state index contributed by atoms with van der Waals surface area (Å²) in [6.45, 7) is 4.35. The fraction of sp³-hybridized carbons (Fsp3) is 0.545. The van der Waals surface area contributed by atoms with E-state index in [1.165, 1.54) is 11.5 Å². The van der Waals surface area contributed by atoms with Gasteiger partial charge < -0.3 is 5.32 Å². The summed E-state index contributed by atoms with van der Waals surface area (Å²) in [5, 5.41) is 11.3. The van der Waals surface area contributed by atoms with Gasteiger partial charge in [0.2, 0.25) is 5.65 Å². The first-order chi connectivity index (χ1) is 8.31. The standard InChI is InChI=1S/C11H17N5S/c1-3-17-7-4-9(2)14-10-11-15-13-8-16(11)6-5-12-10/h5-6,8-9H,3-4,7H2,1-2H3,(H,12,14). The van der Waals surface area contributed by atoms with Gasteiger partial charge in [-0.3, -0.25) is 4.40 Å². The van der Waals surface area contributed by atoms with Crippen LogP contribution >= 0.6 is 11.8 Å². The molecular formula is C11H17N5S. The van der Waals surface area contributed by atoms with Crippen LogP contribution in [0.15, 0.2) is 18.7 Å². The Morgan fingerprint density at radius 2 is 2.41 bits per heavy atom. The van der Waals surface area contributed by atoms with E-state index >= 15 is 0 Å². The molecule has 1 atom stereocenters. The van der Waals surface area contributed by atoms with E-state index in [4.69, 9.17) is 0 Å². The zero-order valence-electron chi connectivity index (χ0n) is 10.1. The monoisotopic (exact) mass is 251 g/mol. The highest BCUT2D eigenvalue weighted by molar-refractivity contribution is 7.99. The minimum atomic E-state index is 0.393. The Morgan fingerprint density at radius 1 is 1.53 bits per heavy atom. The van der Waals surface area contributed by atoms with Gasteiger partial charge in [0.05, 0.1) is 0 Å². The van der Waals surface area contributed by atoms with Crippen molar-refractivity contribution in [1.29, 1.82) is 0 Å². The number of rotatable bonds is 6. The number of fused-ring (bicyclic) bond motifs is 1. The average molecular weight is 251 g/mol. The molecule has 2 rings (SSSR count). The fourth-order valence-corrected chi connectivity index (χ4v) is 2.38. The molecule has 0 aromatic carbocycles. The lowest BCUT2D eigenvalue weighted by Gasteiger charge is -2.14. The van der Waals surface area contributed by atoms with Gasteiger partial charge in [0.25, 0.3) is 0 Å². The summed E-state index contributed by atoms with van der Waals surface area (Å²) >= 11 is 1.96. The van der Waals surface area contributed by atoms with Crippen LogP contribution in [-0.2, 0) is 0 Å². The minimum absolute atomic E-state index is 0.393. The molecule has 1 unspecified atom stereocenters. The molecular weight excluding hydrogens is 234 g/mol. The first-order valence-corrected chi connectivity index (χ1v) is 6.95. The number of nitrogens with one attached hydrogen (secondary N) is 1. The van der Waals surface area contributed by atoms with Crippen LogP contribution in [0.1, 0.15) is 20.3 Å². The molecule has 0 saturated heterocycles. The van der Waals surface area contributed by atoms with Crippen molar-refractivity contribution >= 4 is 23.2 Å². The number of hydrogen-bond donors (Lipinski definition) is 1. The Labute approximate surface area is 105 Å². The van der Waals surface area contributed by atoms with Crippen molar-refractivity contribution in [3.05, 3.63) is 18.7 Å². The smallest absolute Gasteiger partial charge is 0.203 e. The van der Waals surface area contributed by atoms with Crippen LogP contribution in [0.4, 0.5) is 5.82 Å². The summed E-state index contributed by atoms with van der Waals surface area (Å²) in [6.07, 6.45) is 6.40. The van der Waals surface area contributed by atoms with E-state index in [1.807, 2.05) is 22.4 Å². The van der Waals surface area contributed by atoms with Crippen molar-refractivity contribution in [2.75, 3.05) is 16.8 Å². The fourth-order valence-electron chi connectivity index (χ4n) is 1.57. The van der Waals surface area contributed by atoms with Crippen molar-refractivity contribution < 1.29 is 0 Å². The zero-order valence-corrected chi connectivity index (χ0v) is 10.9. The van der Waals surface area contributed by atoms with Gasteiger partial charge in [-0.15, -0.1) is 10.2 Å². The molecule has 6 heteroatoms. The maximum Gasteiger partial charge on any atom is 0.203 e. The van der Waals surface area contributed by atoms with Crippen LogP contribution in [0, 0.1) is 0 Å². The summed E-state index contributed by atoms with van der Waals surface area (Å²) in [6, 6.07) is 0.393.